The number of ketones is 1. The average Bonchev–Trinajstić information content (AvgIpc) is 2.58. The van der Waals surface area contributed by atoms with Crippen LogP contribution in [-0.4, -0.2) is 56.4 Å². The van der Waals surface area contributed by atoms with Crippen LogP contribution in [0.1, 0.15) is 38.1 Å². The van der Waals surface area contributed by atoms with Crippen molar-refractivity contribution < 1.29 is 33.3 Å². The quantitative estimate of drug-likeness (QED) is 0.518. The van der Waals surface area contributed by atoms with Gasteiger partial charge in [0.2, 0.25) is 0 Å². The lowest BCUT2D eigenvalue weighted by Crippen LogP contribution is -2.46. The average molecular weight is 381 g/mol. The first kappa shape index (κ1) is 22.4. The minimum Gasteiger partial charge on any atom is -0.482 e. The van der Waals surface area contributed by atoms with Crippen LogP contribution in [0.15, 0.2) is 24.3 Å². The third-order valence-corrected chi connectivity index (χ3v) is 3.14. The van der Waals surface area contributed by atoms with E-state index in [-0.39, 0.29) is 25.6 Å². The van der Waals surface area contributed by atoms with Crippen LogP contribution in [0.25, 0.3) is 0 Å². The van der Waals surface area contributed by atoms with E-state index in [0.29, 0.717) is 11.3 Å². The molecule has 0 spiro atoms. The van der Waals surface area contributed by atoms with Crippen molar-refractivity contribution in [3.8, 4) is 5.75 Å². The summed E-state index contributed by atoms with van der Waals surface area (Å²) in [5.74, 6) is -0.387. The number of benzene rings is 1. The highest BCUT2D eigenvalue weighted by Gasteiger charge is 2.25. The summed E-state index contributed by atoms with van der Waals surface area (Å²) in [7, 11) is 1.43. The molecule has 1 aromatic rings. The van der Waals surface area contributed by atoms with Gasteiger partial charge in [-0.25, -0.2) is 9.59 Å². The number of hydrogen-bond donors (Lipinski definition) is 1. The molecule has 1 aromatic carbocycles. The van der Waals surface area contributed by atoms with E-state index in [1.165, 1.54) is 7.11 Å². The fraction of sp³-hybridized carbons (Fsp3) is 0.526. The lowest BCUT2D eigenvalue weighted by Gasteiger charge is -2.22. The SMILES string of the molecule is CCOC(=O)COc1ccc(C(=O)C(COC)NC(=O)OC(C)(C)C)cc1. The topological polar surface area (TPSA) is 100 Å². The lowest BCUT2D eigenvalue weighted by molar-refractivity contribution is -0.145. The monoisotopic (exact) mass is 381 g/mol. The standard InChI is InChI=1S/C19H27NO7/c1-6-25-16(21)12-26-14-9-7-13(8-10-14)17(22)15(11-24-5)20-18(23)27-19(2,3)4/h7-10,15H,6,11-12H2,1-5H3,(H,20,23). The van der Waals surface area contributed by atoms with Crippen LogP contribution in [0.3, 0.4) is 0 Å². The fourth-order valence-corrected chi connectivity index (χ4v) is 2.06. The molecule has 0 bridgehead atoms. The fourth-order valence-electron chi connectivity index (χ4n) is 2.06. The molecular weight excluding hydrogens is 354 g/mol. The summed E-state index contributed by atoms with van der Waals surface area (Å²) >= 11 is 0. The molecule has 0 aliphatic rings. The van der Waals surface area contributed by atoms with Crippen molar-refractivity contribution >= 4 is 17.8 Å². The minimum atomic E-state index is -0.892. The number of hydrogen-bond acceptors (Lipinski definition) is 7. The predicted octanol–water partition coefficient (Wildman–Crippen LogP) is 2.35. The normalized spacial score (nSPS) is 12.0. The van der Waals surface area contributed by atoms with E-state index in [1.54, 1.807) is 52.0 Å². The highest BCUT2D eigenvalue weighted by atomic mass is 16.6. The zero-order chi connectivity index (χ0) is 20.4. The molecular formula is C19H27NO7. The van der Waals surface area contributed by atoms with Gasteiger partial charge in [-0.2, -0.15) is 0 Å². The van der Waals surface area contributed by atoms with Gasteiger partial charge < -0.3 is 24.3 Å². The van der Waals surface area contributed by atoms with Crippen LogP contribution < -0.4 is 10.1 Å². The maximum atomic E-state index is 12.6. The van der Waals surface area contributed by atoms with E-state index in [9.17, 15) is 14.4 Å². The van der Waals surface area contributed by atoms with E-state index >= 15 is 0 Å². The molecule has 1 N–H and O–H groups in total. The molecule has 0 heterocycles. The molecule has 0 saturated carbocycles. The summed E-state index contributed by atoms with van der Waals surface area (Å²) in [6.07, 6.45) is -0.702. The summed E-state index contributed by atoms with van der Waals surface area (Å²) in [5, 5.41) is 2.51. The third-order valence-electron chi connectivity index (χ3n) is 3.14. The number of rotatable bonds is 9. The van der Waals surface area contributed by atoms with Crippen LogP contribution in [0.5, 0.6) is 5.75 Å². The second-order valence-corrected chi connectivity index (χ2v) is 6.64. The van der Waals surface area contributed by atoms with Gasteiger partial charge in [0, 0.05) is 12.7 Å². The molecule has 0 aliphatic carbocycles. The van der Waals surface area contributed by atoms with E-state index in [4.69, 9.17) is 18.9 Å². The zero-order valence-electron chi connectivity index (χ0n) is 16.4. The first-order valence-electron chi connectivity index (χ1n) is 8.57. The number of nitrogens with one attached hydrogen (secondary N) is 1. The Morgan fingerprint density at radius 2 is 1.74 bits per heavy atom. The second kappa shape index (κ2) is 10.5. The molecule has 1 amide bonds. The van der Waals surface area contributed by atoms with Gasteiger partial charge in [0.25, 0.3) is 0 Å². The number of alkyl carbamates (subject to hydrolysis) is 1. The molecule has 1 rings (SSSR count). The lowest BCUT2D eigenvalue weighted by atomic mass is 10.0. The molecule has 0 aromatic heterocycles. The van der Waals surface area contributed by atoms with E-state index in [0.717, 1.165) is 0 Å². The Morgan fingerprint density at radius 3 is 2.26 bits per heavy atom. The van der Waals surface area contributed by atoms with Crippen molar-refractivity contribution in [2.75, 3.05) is 26.9 Å². The van der Waals surface area contributed by atoms with E-state index < -0.39 is 23.7 Å². The molecule has 8 heteroatoms. The van der Waals surface area contributed by atoms with Gasteiger partial charge in [0.15, 0.2) is 12.4 Å². The number of Topliss-reactive ketones (excluding diaryl/α,β-unsaturated/α-hetero) is 1. The maximum absolute atomic E-state index is 12.6. The van der Waals surface area contributed by atoms with Crippen LogP contribution >= 0.6 is 0 Å². The van der Waals surface area contributed by atoms with Crippen molar-refractivity contribution in [3.63, 3.8) is 0 Å². The summed E-state index contributed by atoms with van der Waals surface area (Å²) in [5.41, 5.74) is -0.320. The van der Waals surface area contributed by atoms with Gasteiger partial charge in [-0.3, -0.25) is 4.79 Å². The summed E-state index contributed by atoms with van der Waals surface area (Å²) in [6.45, 7) is 6.96. The van der Waals surface area contributed by atoms with Crippen molar-refractivity contribution in [2.24, 2.45) is 0 Å². The van der Waals surface area contributed by atoms with Crippen LogP contribution in [0.2, 0.25) is 0 Å². The summed E-state index contributed by atoms with van der Waals surface area (Å²) < 4.78 is 20.2. The van der Waals surface area contributed by atoms with E-state index in [2.05, 4.69) is 5.32 Å². The number of esters is 1. The number of carbonyl (C=O) groups is 3. The van der Waals surface area contributed by atoms with Gasteiger partial charge in [-0.05, 0) is 52.0 Å². The van der Waals surface area contributed by atoms with Crippen molar-refractivity contribution in [1.29, 1.82) is 0 Å². The number of amides is 1. The summed E-state index contributed by atoms with van der Waals surface area (Å²) in [4.78, 5) is 35.9. The zero-order valence-corrected chi connectivity index (χ0v) is 16.4. The first-order chi connectivity index (χ1) is 12.7. The number of carbonyl (C=O) groups excluding carboxylic acids is 3. The molecule has 27 heavy (non-hydrogen) atoms. The number of methoxy groups -OCH3 is 1. The Bertz CT molecular complexity index is 634. The van der Waals surface area contributed by atoms with Crippen molar-refractivity contribution in [3.05, 3.63) is 29.8 Å². The largest absolute Gasteiger partial charge is 0.482 e. The van der Waals surface area contributed by atoms with Crippen LogP contribution in [0, 0.1) is 0 Å². The van der Waals surface area contributed by atoms with Crippen LogP contribution in [0.4, 0.5) is 4.79 Å². The van der Waals surface area contributed by atoms with E-state index in [1.807, 2.05) is 0 Å². The molecule has 0 radical (unpaired) electrons. The third kappa shape index (κ3) is 8.54. The Hall–Kier alpha value is -2.61. The molecule has 1 atom stereocenters. The smallest absolute Gasteiger partial charge is 0.408 e. The Morgan fingerprint density at radius 1 is 1.11 bits per heavy atom. The van der Waals surface area contributed by atoms with Crippen LogP contribution in [-0.2, 0) is 19.0 Å². The molecule has 0 fully saturated rings. The highest BCUT2D eigenvalue weighted by molar-refractivity contribution is 6.01. The molecule has 0 saturated heterocycles. The van der Waals surface area contributed by atoms with Crippen molar-refractivity contribution in [1.82, 2.24) is 5.32 Å². The molecule has 0 aliphatic heterocycles. The van der Waals surface area contributed by atoms with Gasteiger partial charge in [0.05, 0.1) is 13.2 Å². The second-order valence-electron chi connectivity index (χ2n) is 6.64. The first-order valence-corrected chi connectivity index (χ1v) is 8.57. The predicted molar refractivity (Wildman–Crippen MR) is 97.9 cm³/mol. The van der Waals surface area contributed by atoms with Gasteiger partial charge >= 0.3 is 12.1 Å². The Labute approximate surface area is 159 Å². The van der Waals surface area contributed by atoms with Gasteiger partial charge in [0.1, 0.15) is 17.4 Å². The molecule has 150 valence electrons. The van der Waals surface area contributed by atoms with Crippen molar-refractivity contribution in [2.45, 2.75) is 39.3 Å². The molecule has 8 nitrogen and oxygen atoms in total. The Kier molecular flexibility index (Phi) is 8.74. The maximum Gasteiger partial charge on any atom is 0.408 e. The minimum absolute atomic E-state index is 0.000808. The van der Waals surface area contributed by atoms with Gasteiger partial charge in [-0.1, -0.05) is 0 Å². The number of ether oxygens (including phenoxy) is 4. The molecule has 1 unspecified atom stereocenters. The van der Waals surface area contributed by atoms with Gasteiger partial charge in [-0.15, -0.1) is 0 Å². The highest BCUT2D eigenvalue weighted by Crippen LogP contribution is 2.14. The Balaban J connectivity index is 2.72. The summed E-state index contributed by atoms with van der Waals surface area (Å²) in [6, 6.07) is 5.31.